The Balaban J connectivity index is 5.00. The van der Waals surface area contributed by atoms with Gasteiger partial charge in [0.05, 0.1) is 0 Å². The lowest BCUT2D eigenvalue weighted by Crippen LogP contribution is -2.46. The molecular formula is C23H44O4. The van der Waals surface area contributed by atoms with Crippen LogP contribution in [0.25, 0.3) is 0 Å². The molecule has 0 fully saturated rings. The summed E-state index contributed by atoms with van der Waals surface area (Å²) < 4.78 is 11.8. The Morgan fingerprint density at radius 2 is 1.19 bits per heavy atom. The molecule has 0 heterocycles. The lowest BCUT2D eigenvalue weighted by atomic mass is 9.88. The van der Waals surface area contributed by atoms with Crippen molar-refractivity contribution in [1.29, 1.82) is 0 Å². The molecule has 4 nitrogen and oxygen atoms in total. The van der Waals surface area contributed by atoms with Gasteiger partial charge in [-0.05, 0) is 25.7 Å². The number of carbonyl (C=O) groups is 2. The van der Waals surface area contributed by atoms with Crippen molar-refractivity contribution in [3.8, 4) is 0 Å². The summed E-state index contributed by atoms with van der Waals surface area (Å²) in [6.45, 7) is 10.4. The molecule has 0 aliphatic heterocycles. The summed E-state index contributed by atoms with van der Waals surface area (Å²) in [6, 6.07) is 0. The zero-order valence-electron chi connectivity index (χ0n) is 18.6. The van der Waals surface area contributed by atoms with Gasteiger partial charge in [0.25, 0.3) is 5.79 Å². The molecular weight excluding hydrogens is 340 g/mol. The van der Waals surface area contributed by atoms with E-state index in [4.69, 9.17) is 9.47 Å². The molecule has 0 rings (SSSR count). The Hall–Kier alpha value is -1.06. The van der Waals surface area contributed by atoms with Crippen LogP contribution in [0, 0.1) is 5.92 Å². The van der Waals surface area contributed by atoms with Gasteiger partial charge in [0.2, 0.25) is 0 Å². The fourth-order valence-corrected chi connectivity index (χ4v) is 3.58. The highest BCUT2D eigenvalue weighted by Crippen LogP contribution is 2.35. The maximum absolute atomic E-state index is 12.5. The average molecular weight is 385 g/mol. The molecule has 0 N–H and O–H groups in total. The first kappa shape index (κ1) is 25.9. The minimum Gasteiger partial charge on any atom is -0.422 e. The van der Waals surface area contributed by atoms with Crippen LogP contribution in [0.1, 0.15) is 125 Å². The molecule has 0 amide bonds. The van der Waals surface area contributed by atoms with E-state index < -0.39 is 5.79 Å². The van der Waals surface area contributed by atoms with Gasteiger partial charge in [0.15, 0.2) is 0 Å². The molecule has 0 spiro atoms. The summed E-state index contributed by atoms with van der Waals surface area (Å²) in [7, 11) is 0. The van der Waals surface area contributed by atoms with E-state index in [1.807, 2.05) is 6.92 Å². The second-order valence-electron chi connectivity index (χ2n) is 7.63. The Morgan fingerprint density at radius 3 is 1.52 bits per heavy atom. The summed E-state index contributed by atoms with van der Waals surface area (Å²) in [4.78, 5) is 24.9. The second kappa shape index (κ2) is 15.9. The summed E-state index contributed by atoms with van der Waals surface area (Å²) in [5.41, 5.74) is 0. The van der Waals surface area contributed by atoms with Gasteiger partial charge in [-0.15, -0.1) is 0 Å². The van der Waals surface area contributed by atoms with E-state index in [9.17, 15) is 9.59 Å². The van der Waals surface area contributed by atoms with Crippen LogP contribution in [0.2, 0.25) is 0 Å². The molecule has 0 aromatic carbocycles. The lowest BCUT2D eigenvalue weighted by Gasteiger charge is -2.38. The average Bonchev–Trinajstić information content (AvgIpc) is 2.66. The van der Waals surface area contributed by atoms with Gasteiger partial charge in [-0.1, -0.05) is 79.6 Å². The van der Waals surface area contributed by atoms with Crippen molar-refractivity contribution in [3.05, 3.63) is 0 Å². The number of hydrogen-bond acceptors (Lipinski definition) is 4. The van der Waals surface area contributed by atoms with Crippen molar-refractivity contribution in [3.63, 3.8) is 0 Å². The SMILES string of the molecule is CCCCCCC(=O)OC(CC)(OC(=O)CCCCCC)C(CC)CCC. The second-order valence-corrected chi connectivity index (χ2v) is 7.63. The number of carbonyl (C=O) groups excluding carboxylic acids is 2. The Labute approximate surface area is 167 Å². The van der Waals surface area contributed by atoms with Gasteiger partial charge in [-0.2, -0.15) is 0 Å². The third-order valence-electron chi connectivity index (χ3n) is 5.29. The highest BCUT2D eigenvalue weighted by atomic mass is 16.7. The molecule has 0 aromatic rings. The number of hydrogen-bond donors (Lipinski definition) is 0. The topological polar surface area (TPSA) is 52.6 Å². The smallest absolute Gasteiger partial charge is 0.309 e. The van der Waals surface area contributed by atoms with Crippen LogP contribution in [-0.4, -0.2) is 17.7 Å². The van der Waals surface area contributed by atoms with Gasteiger partial charge in [0.1, 0.15) is 0 Å². The predicted molar refractivity (Wildman–Crippen MR) is 111 cm³/mol. The summed E-state index contributed by atoms with van der Waals surface area (Å²) in [6.07, 6.45) is 12.3. The Kier molecular flexibility index (Phi) is 15.3. The van der Waals surface area contributed by atoms with Crippen molar-refractivity contribution in [2.45, 2.75) is 130 Å². The van der Waals surface area contributed by atoms with Crippen LogP contribution < -0.4 is 0 Å². The van der Waals surface area contributed by atoms with Crippen LogP contribution in [0.4, 0.5) is 0 Å². The van der Waals surface area contributed by atoms with Gasteiger partial charge in [-0.25, -0.2) is 0 Å². The highest BCUT2D eigenvalue weighted by molar-refractivity contribution is 5.72. The maximum Gasteiger partial charge on any atom is 0.309 e. The van der Waals surface area contributed by atoms with Crippen LogP contribution >= 0.6 is 0 Å². The van der Waals surface area contributed by atoms with Gasteiger partial charge >= 0.3 is 11.9 Å². The normalized spacial score (nSPS) is 12.6. The van der Waals surface area contributed by atoms with E-state index in [1.54, 1.807) is 0 Å². The van der Waals surface area contributed by atoms with Crippen molar-refractivity contribution in [2.24, 2.45) is 5.92 Å². The van der Waals surface area contributed by atoms with Crippen molar-refractivity contribution < 1.29 is 19.1 Å². The predicted octanol–water partition coefficient (Wildman–Crippen LogP) is 6.95. The largest absolute Gasteiger partial charge is 0.422 e. The van der Waals surface area contributed by atoms with Crippen LogP contribution in [0.5, 0.6) is 0 Å². The molecule has 0 aromatic heterocycles. The monoisotopic (exact) mass is 384 g/mol. The molecule has 27 heavy (non-hydrogen) atoms. The first-order valence-corrected chi connectivity index (χ1v) is 11.4. The molecule has 0 aliphatic carbocycles. The zero-order valence-corrected chi connectivity index (χ0v) is 18.6. The Morgan fingerprint density at radius 1 is 0.704 bits per heavy atom. The van der Waals surface area contributed by atoms with E-state index in [0.717, 1.165) is 70.6 Å². The summed E-state index contributed by atoms with van der Waals surface area (Å²) in [5, 5.41) is 0. The molecule has 1 atom stereocenters. The number of esters is 2. The van der Waals surface area contributed by atoms with Gasteiger partial charge in [-0.3, -0.25) is 9.59 Å². The van der Waals surface area contributed by atoms with Crippen LogP contribution in [0.3, 0.4) is 0 Å². The molecule has 0 bridgehead atoms. The molecule has 160 valence electrons. The van der Waals surface area contributed by atoms with Crippen LogP contribution in [0.15, 0.2) is 0 Å². The quantitative estimate of drug-likeness (QED) is 0.155. The fourth-order valence-electron chi connectivity index (χ4n) is 3.58. The molecule has 0 saturated heterocycles. The van der Waals surface area contributed by atoms with Crippen molar-refractivity contribution >= 4 is 11.9 Å². The highest BCUT2D eigenvalue weighted by Gasteiger charge is 2.43. The molecule has 0 saturated carbocycles. The van der Waals surface area contributed by atoms with E-state index in [0.29, 0.717) is 19.3 Å². The number of ether oxygens (including phenoxy) is 2. The first-order valence-electron chi connectivity index (χ1n) is 11.4. The molecule has 0 aliphatic rings. The molecule has 1 unspecified atom stereocenters. The minimum atomic E-state index is -1.10. The number of unbranched alkanes of at least 4 members (excludes halogenated alkanes) is 6. The Bertz CT molecular complexity index is 366. The number of rotatable bonds is 17. The molecule has 0 radical (unpaired) electrons. The maximum atomic E-state index is 12.5. The summed E-state index contributed by atoms with van der Waals surface area (Å²) >= 11 is 0. The third kappa shape index (κ3) is 10.8. The van der Waals surface area contributed by atoms with Crippen molar-refractivity contribution in [1.82, 2.24) is 0 Å². The lowest BCUT2D eigenvalue weighted by molar-refractivity contribution is -0.251. The van der Waals surface area contributed by atoms with E-state index in [2.05, 4.69) is 27.7 Å². The van der Waals surface area contributed by atoms with Crippen LogP contribution in [-0.2, 0) is 19.1 Å². The van der Waals surface area contributed by atoms with E-state index in [1.165, 1.54) is 0 Å². The van der Waals surface area contributed by atoms with E-state index in [-0.39, 0.29) is 17.9 Å². The minimum absolute atomic E-state index is 0.0479. The summed E-state index contributed by atoms with van der Waals surface area (Å²) in [5.74, 6) is -1.52. The standard InChI is InChI=1S/C23H44O4/c1-6-11-13-15-18-21(24)26-23(10-5,20(9-4)17-8-3)27-22(25)19-16-14-12-7-2/h20H,6-19H2,1-5H3. The van der Waals surface area contributed by atoms with Gasteiger partial charge in [0, 0.05) is 25.2 Å². The fraction of sp³-hybridized carbons (Fsp3) is 0.913. The zero-order chi connectivity index (χ0) is 20.5. The third-order valence-corrected chi connectivity index (χ3v) is 5.29. The van der Waals surface area contributed by atoms with E-state index >= 15 is 0 Å². The first-order chi connectivity index (χ1) is 13.0. The van der Waals surface area contributed by atoms with Gasteiger partial charge < -0.3 is 9.47 Å². The van der Waals surface area contributed by atoms with Crippen molar-refractivity contribution in [2.75, 3.05) is 0 Å². The molecule has 4 heteroatoms.